The van der Waals surface area contributed by atoms with Crippen LogP contribution < -0.4 is 4.74 Å². The second-order valence-electron chi connectivity index (χ2n) is 9.00. The van der Waals surface area contributed by atoms with Crippen LogP contribution in [0.3, 0.4) is 0 Å². The summed E-state index contributed by atoms with van der Waals surface area (Å²) in [5.74, 6) is -5.65. The number of hydrogen-bond acceptors (Lipinski definition) is 3. The molecule has 4 rings (SSSR count). The van der Waals surface area contributed by atoms with Gasteiger partial charge < -0.3 is 9.47 Å². The smallest absolute Gasteiger partial charge is 0.341 e. The number of halogens is 4. The predicted octanol–water partition coefficient (Wildman–Crippen LogP) is 8.23. The van der Waals surface area contributed by atoms with Crippen molar-refractivity contribution in [3.8, 4) is 16.9 Å². The molecule has 0 bridgehead atoms. The number of carbonyl (C=O) groups is 1. The minimum atomic E-state index is -1.26. The maximum atomic E-state index is 14.8. The second-order valence-corrected chi connectivity index (χ2v) is 9.00. The van der Waals surface area contributed by atoms with Gasteiger partial charge in [-0.1, -0.05) is 48.6 Å². The molecule has 3 aromatic carbocycles. The fourth-order valence-electron chi connectivity index (χ4n) is 4.73. The van der Waals surface area contributed by atoms with E-state index in [1.807, 2.05) is 19.1 Å². The van der Waals surface area contributed by atoms with Crippen molar-refractivity contribution in [2.75, 3.05) is 6.61 Å². The van der Waals surface area contributed by atoms with Crippen molar-refractivity contribution in [3.05, 3.63) is 94.6 Å². The Kier molecular flexibility index (Phi) is 8.31. The molecule has 1 aliphatic rings. The molecular weight excluding hydrogens is 484 g/mol. The number of ether oxygens (including phenoxy) is 2. The van der Waals surface area contributed by atoms with Crippen LogP contribution in [0.5, 0.6) is 5.75 Å². The molecule has 194 valence electrons. The van der Waals surface area contributed by atoms with E-state index in [1.54, 1.807) is 31.2 Å². The van der Waals surface area contributed by atoms with Gasteiger partial charge in [-0.2, -0.15) is 4.39 Å². The van der Waals surface area contributed by atoms with E-state index in [9.17, 15) is 22.4 Å². The molecule has 0 amide bonds. The van der Waals surface area contributed by atoms with Gasteiger partial charge in [-0.25, -0.2) is 18.0 Å². The first-order valence-corrected chi connectivity index (χ1v) is 12.4. The number of esters is 1. The van der Waals surface area contributed by atoms with Gasteiger partial charge in [0.15, 0.2) is 23.2 Å². The first-order valence-electron chi connectivity index (χ1n) is 12.4. The summed E-state index contributed by atoms with van der Waals surface area (Å²) in [6, 6.07) is 12.5. The minimum absolute atomic E-state index is 0.0474. The summed E-state index contributed by atoms with van der Waals surface area (Å²) in [4.78, 5) is 12.6. The number of benzene rings is 3. The average Bonchev–Trinajstić information content (AvgIpc) is 2.90. The van der Waals surface area contributed by atoms with Gasteiger partial charge in [-0.3, -0.25) is 0 Å². The third-order valence-electron chi connectivity index (χ3n) is 6.65. The van der Waals surface area contributed by atoms with E-state index in [0.29, 0.717) is 31.2 Å². The van der Waals surface area contributed by atoms with Gasteiger partial charge in [0, 0.05) is 5.56 Å². The first-order chi connectivity index (χ1) is 17.8. The number of allylic oxidation sites excluding steroid dienone is 1. The van der Waals surface area contributed by atoms with E-state index >= 15 is 0 Å². The third-order valence-corrected chi connectivity index (χ3v) is 6.65. The molecule has 3 aromatic rings. The zero-order valence-electron chi connectivity index (χ0n) is 20.7. The summed E-state index contributed by atoms with van der Waals surface area (Å²) in [5, 5.41) is 0. The van der Waals surface area contributed by atoms with Crippen molar-refractivity contribution in [1.82, 2.24) is 0 Å². The van der Waals surface area contributed by atoms with E-state index in [2.05, 4.69) is 0 Å². The molecule has 0 N–H and O–H groups in total. The summed E-state index contributed by atoms with van der Waals surface area (Å²) in [5.41, 5.74) is 1.24. The summed E-state index contributed by atoms with van der Waals surface area (Å²) >= 11 is 0. The van der Waals surface area contributed by atoms with Gasteiger partial charge in [0.2, 0.25) is 5.82 Å². The molecule has 1 aliphatic carbocycles. The Morgan fingerprint density at radius 1 is 0.865 bits per heavy atom. The van der Waals surface area contributed by atoms with Crippen LogP contribution in [0.4, 0.5) is 17.6 Å². The molecule has 0 aliphatic heterocycles. The van der Waals surface area contributed by atoms with Crippen LogP contribution in [0.25, 0.3) is 17.2 Å². The Morgan fingerprint density at radius 2 is 1.57 bits per heavy atom. The van der Waals surface area contributed by atoms with Crippen LogP contribution in [0, 0.1) is 23.3 Å². The first kappa shape index (κ1) is 26.5. The third kappa shape index (κ3) is 5.71. The Hall–Kier alpha value is -3.61. The summed E-state index contributed by atoms with van der Waals surface area (Å²) in [7, 11) is 0. The highest BCUT2D eigenvalue weighted by Crippen LogP contribution is 2.38. The quantitative estimate of drug-likeness (QED) is 0.236. The van der Waals surface area contributed by atoms with Crippen molar-refractivity contribution in [3.63, 3.8) is 0 Å². The number of rotatable bonds is 7. The Morgan fingerprint density at radius 3 is 2.22 bits per heavy atom. The fourth-order valence-corrected chi connectivity index (χ4v) is 4.73. The normalized spacial score (nSPS) is 17.7. The van der Waals surface area contributed by atoms with Gasteiger partial charge in [-0.15, -0.1) is 0 Å². The summed E-state index contributed by atoms with van der Waals surface area (Å²) in [6.45, 7) is 3.80. The van der Waals surface area contributed by atoms with Crippen LogP contribution in [0.1, 0.15) is 66.9 Å². The molecule has 0 atom stereocenters. The number of hydrogen-bond donors (Lipinski definition) is 0. The van der Waals surface area contributed by atoms with E-state index in [4.69, 9.17) is 9.47 Å². The largest absolute Gasteiger partial charge is 0.491 e. The van der Waals surface area contributed by atoms with Crippen LogP contribution in [-0.4, -0.2) is 18.7 Å². The second kappa shape index (κ2) is 11.6. The van der Waals surface area contributed by atoms with Gasteiger partial charge in [0.25, 0.3) is 0 Å². The zero-order valence-corrected chi connectivity index (χ0v) is 20.7. The van der Waals surface area contributed by atoms with E-state index < -0.39 is 40.9 Å². The summed E-state index contributed by atoms with van der Waals surface area (Å²) in [6.07, 6.45) is 4.95. The molecule has 0 heterocycles. The van der Waals surface area contributed by atoms with Crippen molar-refractivity contribution in [1.29, 1.82) is 0 Å². The SMILES string of the molecule is CC=Cc1ccc(-c2ccc(C(=O)OC3CCC(c4ccc(OCC)c(F)c4F)CC3)c(F)c2F)cc1. The van der Waals surface area contributed by atoms with E-state index in [-0.39, 0.29) is 29.4 Å². The standard InChI is InChI=1S/C30H28F4O3/c1-3-5-18-6-8-19(9-7-18)22-14-15-24(28(33)26(22)31)30(35)37-21-12-10-20(11-13-21)23-16-17-25(36-4-2)29(34)27(23)32/h3,5-9,14-17,20-21H,4,10-13H2,1-2H3. The highest BCUT2D eigenvalue weighted by Gasteiger charge is 2.30. The molecule has 0 unspecified atom stereocenters. The zero-order chi connectivity index (χ0) is 26.5. The Labute approximate surface area is 213 Å². The lowest BCUT2D eigenvalue weighted by molar-refractivity contribution is 0.0188. The van der Waals surface area contributed by atoms with Crippen molar-refractivity contribution in [2.24, 2.45) is 0 Å². The number of carbonyl (C=O) groups excluding carboxylic acids is 1. The lowest BCUT2D eigenvalue weighted by Gasteiger charge is -2.29. The molecule has 0 radical (unpaired) electrons. The molecule has 37 heavy (non-hydrogen) atoms. The van der Waals surface area contributed by atoms with Crippen LogP contribution in [-0.2, 0) is 4.74 Å². The highest BCUT2D eigenvalue weighted by atomic mass is 19.2. The summed E-state index contributed by atoms with van der Waals surface area (Å²) < 4.78 is 69.1. The monoisotopic (exact) mass is 512 g/mol. The molecule has 0 saturated heterocycles. The van der Waals surface area contributed by atoms with E-state index in [0.717, 1.165) is 5.56 Å². The topological polar surface area (TPSA) is 35.5 Å². The molecule has 1 fully saturated rings. The van der Waals surface area contributed by atoms with Crippen molar-refractivity contribution >= 4 is 12.0 Å². The molecule has 0 spiro atoms. The lowest BCUT2D eigenvalue weighted by atomic mass is 9.82. The maximum absolute atomic E-state index is 14.8. The molecule has 1 saturated carbocycles. The van der Waals surface area contributed by atoms with E-state index in [1.165, 1.54) is 24.3 Å². The van der Waals surface area contributed by atoms with Gasteiger partial charge >= 0.3 is 5.97 Å². The predicted molar refractivity (Wildman–Crippen MR) is 134 cm³/mol. The average molecular weight is 513 g/mol. The van der Waals surface area contributed by atoms with Gasteiger partial charge in [0.05, 0.1) is 12.2 Å². The maximum Gasteiger partial charge on any atom is 0.341 e. The van der Waals surface area contributed by atoms with Crippen LogP contribution in [0.2, 0.25) is 0 Å². The lowest BCUT2D eigenvalue weighted by Crippen LogP contribution is -2.25. The Bertz CT molecular complexity index is 1290. The van der Waals surface area contributed by atoms with Crippen molar-refractivity contribution < 1.29 is 31.8 Å². The van der Waals surface area contributed by atoms with Gasteiger partial charge in [-0.05, 0) is 74.3 Å². The van der Waals surface area contributed by atoms with Crippen LogP contribution >= 0.6 is 0 Å². The van der Waals surface area contributed by atoms with Crippen molar-refractivity contribution in [2.45, 2.75) is 51.6 Å². The Balaban J connectivity index is 1.41. The molecular formula is C30H28F4O3. The molecule has 0 aromatic heterocycles. The molecule has 3 nitrogen and oxygen atoms in total. The minimum Gasteiger partial charge on any atom is -0.491 e. The van der Waals surface area contributed by atoms with Crippen LogP contribution in [0.15, 0.2) is 54.6 Å². The fraction of sp³-hybridized carbons (Fsp3) is 0.300. The molecule has 7 heteroatoms. The van der Waals surface area contributed by atoms with Gasteiger partial charge in [0.1, 0.15) is 6.10 Å². The highest BCUT2D eigenvalue weighted by molar-refractivity contribution is 5.90.